The lowest BCUT2D eigenvalue weighted by molar-refractivity contribution is -0.124. The number of hydrogen-bond acceptors (Lipinski definition) is 3. The second-order valence-corrected chi connectivity index (χ2v) is 6.19. The monoisotopic (exact) mass is 288 g/mol. The Balaban J connectivity index is 2.27. The first kappa shape index (κ1) is 15.5. The summed E-state index contributed by atoms with van der Waals surface area (Å²) in [5, 5.41) is 3.29. The van der Waals surface area contributed by atoms with Crippen LogP contribution in [-0.4, -0.2) is 27.0 Å². The molecule has 0 radical (unpaired) electrons. The number of benzene rings is 1. The molecule has 0 aliphatic rings. The van der Waals surface area contributed by atoms with Crippen molar-refractivity contribution in [2.24, 2.45) is 5.73 Å². The van der Waals surface area contributed by atoms with E-state index in [1.165, 1.54) is 0 Å². The number of para-hydroxylation sites is 2. The third-order valence-electron chi connectivity index (χ3n) is 3.81. The molecule has 0 bridgehead atoms. The van der Waals surface area contributed by atoms with Gasteiger partial charge in [-0.25, -0.2) is 4.98 Å². The summed E-state index contributed by atoms with van der Waals surface area (Å²) in [4.78, 5) is 16.3. The van der Waals surface area contributed by atoms with Gasteiger partial charge in [0.15, 0.2) is 0 Å². The summed E-state index contributed by atoms with van der Waals surface area (Å²) < 4.78 is 2.10. The van der Waals surface area contributed by atoms with E-state index in [0.29, 0.717) is 6.42 Å². The Bertz CT molecular complexity index is 634. The maximum absolute atomic E-state index is 11.9. The van der Waals surface area contributed by atoms with E-state index >= 15 is 0 Å². The van der Waals surface area contributed by atoms with Gasteiger partial charge in [-0.05, 0) is 46.2 Å². The standard InChI is InChI=1S/C16H24N4O/c1-11(2)19-16(4,15(17)21)9-12(3)20-10-18-13-7-5-6-8-14(13)20/h5-8,10-12,19H,9H2,1-4H3,(H2,17,21). The van der Waals surface area contributed by atoms with Crippen LogP contribution in [0.2, 0.25) is 0 Å². The summed E-state index contributed by atoms with van der Waals surface area (Å²) in [7, 11) is 0. The van der Waals surface area contributed by atoms with Crippen molar-refractivity contribution in [3.63, 3.8) is 0 Å². The van der Waals surface area contributed by atoms with Crippen LogP contribution < -0.4 is 11.1 Å². The van der Waals surface area contributed by atoms with E-state index < -0.39 is 5.54 Å². The van der Waals surface area contributed by atoms with Crippen molar-refractivity contribution in [2.75, 3.05) is 0 Å². The van der Waals surface area contributed by atoms with E-state index in [-0.39, 0.29) is 18.0 Å². The number of carbonyl (C=O) groups is 1. The van der Waals surface area contributed by atoms with E-state index in [9.17, 15) is 4.79 Å². The summed E-state index contributed by atoms with van der Waals surface area (Å²) in [6.07, 6.45) is 2.44. The zero-order valence-electron chi connectivity index (χ0n) is 13.1. The predicted molar refractivity (Wildman–Crippen MR) is 84.9 cm³/mol. The van der Waals surface area contributed by atoms with Crippen LogP contribution in [-0.2, 0) is 4.79 Å². The molecule has 1 amide bonds. The normalized spacial score (nSPS) is 16.0. The molecule has 5 nitrogen and oxygen atoms in total. The van der Waals surface area contributed by atoms with Crippen molar-refractivity contribution >= 4 is 16.9 Å². The van der Waals surface area contributed by atoms with Gasteiger partial charge in [-0.1, -0.05) is 12.1 Å². The summed E-state index contributed by atoms with van der Waals surface area (Å²) in [5.74, 6) is -0.326. The largest absolute Gasteiger partial charge is 0.368 e. The molecule has 0 aliphatic carbocycles. The Morgan fingerprint density at radius 3 is 2.67 bits per heavy atom. The number of carbonyl (C=O) groups excluding carboxylic acids is 1. The number of rotatable bonds is 6. The zero-order valence-corrected chi connectivity index (χ0v) is 13.1. The van der Waals surface area contributed by atoms with Crippen molar-refractivity contribution in [1.82, 2.24) is 14.9 Å². The summed E-state index contributed by atoms with van der Waals surface area (Å²) in [5.41, 5.74) is 6.90. The van der Waals surface area contributed by atoms with Crippen LogP contribution in [0.4, 0.5) is 0 Å². The average Bonchev–Trinajstić information content (AvgIpc) is 2.81. The minimum absolute atomic E-state index is 0.112. The summed E-state index contributed by atoms with van der Waals surface area (Å²) in [6.45, 7) is 7.97. The Morgan fingerprint density at radius 1 is 1.38 bits per heavy atom. The Morgan fingerprint density at radius 2 is 2.05 bits per heavy atom. The molecular formula is C16H24N4O. The molecule has 114 valence electrons. The molecule has 21 heavy (non-hydrogen) atoms. The van der Waals surface area contributed by atoms with Gasteiger partial charge < -0.3 is 15.6 Å². The Kier molecular flexibility index (Phi) is 4.32. The van der Waals surface area contributed by atoms with Crippen molar-refractivity contribution < 1.29 is 4.79 Å². The Labute approximate surface area is 125 Å². The van der Waals surface area contributed by atoms with E-state index in [2.05, 4.69) is 21.8 Å². The Hall–Kier alpha value is -1.88. The van der Waals surface area contributed by atoms with Crippen LogP contribution >= 0.6 is 0 Å². The number of nitrogens with zero attached hydrogens (tertiary/aromatic N) is 2. The van der Waals surface area contributed by atoms with E-state index in [0.717, 1.165) is 11.0 Å². The quantitative estimate of drug-likeness (QED) is 0.856. The SMILES string of the molecule is CC(C)NC(C)(CC(C)n1cnc2ccccc21)C(N)=O. The maximum atomic E-state index is 11.9. The number of nitrogens with two attached hydrogens (primary N) is 1. The number of hydrogen-bond donors (Lipinski definition) is 2. The molecule has 3 N–H and O–H groups in total. The summed E-state index contributed by atoms with van der Waals surface area (Å²) >= 11 is 0. The molecule has 2 atom stereocenters. The van der Waals surface area contributed by atoms with E-state index in [1.54, 1.807) is 0 Å². The third-order valence-corrected chi connectivity index (χ3v) is 3.81. The number of imidazole rings is 1. The fourth-order valence-corrected chi connectivity index (χ4v) is 2.89. The van der Waals surface area contributed by atoms with Crippen molar-refractivity contribution in [1.29, 1.82) is 0 Å². The molecule has 0 fully saturated rings. The highest BCUT2D eigenvalue weighted by Crippen LogP contribution is 2.25. The maximum Gasteiger partial charge on any atom is 0.237 e. The zero-order chi connectivity index (χ0) is 15.6. The fourth-order valence-electron chi connectivity index (χ4n) is 2.89. The first-order valence-corrected chi connectivity index (χ1v) is 7.32. The first-order valence-electron chi connectivity index (χ1n) is 7.32. The highest BCUT2D eigenvalue weighted by molar-refractivity contribution is 5.84. The minimum Gasteiger partial charge on any atom is -0.368 e. The lowest BCUT2D eigenvalue weighted by atomic mass is 9.91. The smallest absolute Gasteiger partial charge is 0.237 e. The molecule has 1 heterocycles. The lowest BCUT2D eigenvalue weighted by Crippen LogP contribution is -2.56. The van der Waals surface area contributed by atoms with Crippen LogP contribution in [0.25, 0.3) is 11.0 Å². The van der Waals surface area contributed by atoms with Gasteiger partial charge in [0.05, 0.1) is 22.9 Å². The second-order valence-electron chi connectivity index (χ2n) is 6.19. The van der Waals surface area contributed by atoms with Gasteiger partial charge in [0.2, 0.25) is 5.91 Å². The molecule has 2 unspecified atom stereocenters. The number of fused-ring (bicyclic) bond motifs is 1. The van der Waals surface area contributed by atoms with Gasteiger partial charge in [0, 0.05) is 12.1 Å². The van der Waals surface area contributed by atoms with Gasteiger partial charge in [-0.15, -0.1) is 0 Å². The highest BCUT2D eigenvalue weighted by Gasteiger charge is 2.33. The third kappa shape index (κ3) is 3.24. The first-order chi connectivity index (χ1) is 9.83. The topological polar surface area (TPSA) is 72.9 Å². The highest BCUT2D eigenvalue weighted by atomic mass is 16.1. The molecule has 0 saturated carbocycles. The van der Waals surface area contributed by atoms with Gasteiger partial charge in [-0.3, -0.25) is 4.79 Å². The number of aromatic nitrogens is 2. The fraction of sp³-hybridized carbons (Fsp3) is 0.500. The minimum atomic E-state index is -0.737. The second kappa shape index (κ2) is 5.85. The molecule has 2 aromatic rings. The van der Waals surface area contributed by atoms with Crippen molar-refractivity contribution in [2.45, 2.75) is 51.7 Å². The molecule has 1 aromatic carbocycles. The van der Waals surface area contributed by atoms with Gasteiger partial charge in [-0.2, -0.15) is 0 Å². The molecule has 5 heteroatoms. The predicted octanol–water partition coefficient (Wildman–Crippen LogP) is 2.23. The van der Waals surface area contributed by atoms with Crippen LogP contribution in [0, 0.1) is 0 Å². The van der Waals surface area contributed by atoms with Crippen LogP contribution in [0.3, 0.4) is 0 Å². The van der Waals surface area contributed by atoms with Gasteiger partial charge in [0.25, 0.3) is 0 Å². The summed E-state index contributed by atoms with van der Waals surface area (Å²) in [6, 6.07) is 8.29. The van der Waals surface area contributed by atoms with Crippen LogP contribution in [0.1, 0.15) is 40.2 Å². The van der Waals surface area contributed by atoms with E-state index in [1.807, 2.05) is 51.4 Å². The number of amides is 1. The molecule has 0 saturated heterocycles. The molecule has 2 rings (SSSR count). The lowest BCUT2D eigenvalue weighted by Gasteiger charge is -2.32. The van der Waals surface area contributed by atoms with Crippen molar-refractivity contribution in [3.8, 4) is 0 Å². The molecule has 0 aliphatic heterocycles. The number of primary amides is 1. The van der Waals surface area contributed by atoms with Crippen LogP contribution in [0.5, 0.6) is 0 Å². The van der Waals surface area contributed by atoms with Crippen LogP contribution in [0.15, 0.2) is 30.6 Å². The van der Waals surface area contributed by atoms with E-state index in [4.69, 9.17) is 5.73 Å². The number of nitrogens with one attached hydrogen (secondary N) is 1. The van der Waals surface area contributed by atoms with Gasteiger partial charge >= 0.3 is 0 Å². The average molecular weight is 288 g/mol. The van der Waals surface area contributed by atoms with Crippen molar-refractivity contribution in [3.05, 3.63) is 30.6 Å². The van der Waals surface area contributed by atoms with Gasteiger partial charge in [0.1, 0.15) is 0 Å². The molecular weight excluding hydrogens is 264 g/mol. The molecule has 1 aromatic heterocycles. The molecule has 0 spiro atoms.